The van der Waals surface area contributed by atoms with Gasteiger partial charge in [-0.05, 0) is 92.0 Å². The van der Waals surface area contributed by atoms with Crippen molar-refractivity contribution in [2.45, 2.75) is 6.92 Å². The van der Waals surface area contributed by atoms with Gasteiger partial charge >= 0.3 is 8.24 Å². The molecule has 0 saturated carbocycles. The van der Waals surface area contributed by atoms with Gasteiger partial charge in [0.1, 0.15) is 22.7 Å². The normalized spacial score (nSPS) is 11.8. The minimum absolute atomic E-state index is 0.657. The first-order chi connectivity index (χ1) is 29.2. The number of para-hydroxylation sites is 2. The van der Waals surface area contributed by atoms with E-state index < -0.39 is 16.0 Å². The lowest BCUT2D eigenvalue weighted by atomic mass is 9.90. The van der Waals surface area contributed by atoms with Gasteiger partial charge in [-0.15, -0.1) is 0 Å². The molecule has 0 atom stereocenters. The quantitative estimate of drug-likeness (QED) is 0.174. The molecule has 280 valence electrons. The van der Waals surface area contributed by atoms with Crippen molar-refractivity contribution in [2.75, 3.05) is 0 Å². The third kappa shape index (κ3) is 5.45. The Morgan fingerprint density at radius 3 is 1.42 bits per heavy atom. The van der Waals surface area contributed by atoms with E-state index >= 15 is 0 Å². The average molecular weight is 797 g/mol. The summed E-state index contributed by atoms with van der Waals surface area (Å²) < 4.78 is 27.9. The van der Waals surface area contributed by atoms with Crippen LogP contribution in [0.5, 0.6) is 11.5 Å². The van der Waals surface area contributed by atoms with Crippen LogP contribution in [0.3, 0.4) is 0 Å². The smallest absolute Gasteiger partial charge is 0.445 e. The molecule has 0 fully saturated rings. The van der Waals surface area contributed by atoms with Crippen molar-refractivity contribution in [1.29, 1.82) is 0 Å². The van der Waals surface area contributed by atoms with Gasteiger partial charge < -0.3 is 17.4 Å². The first-order valence-electron chi connectivity index (χ1n) is 19.8. The van der Waals surface area contributed by atoms with E-state index in [0.29, 0.717) is 5.75 Å². The maximum Gasteiger partial charge on any atom is 0.453 e. The molecular weight excluding hydrogens is 763 g/mol. The number of rotatable bonds is 5. The van der Waals surface area contributed by atoms with Crippen molar-refractivity contribution in [2.24, 2.45) is 0 Å². The van der Waals surface area contributed by atoms with Crippen molar-refractivity contribution < 1.29 is 17.4 Å². The van der Waals surface area contributed by atoms with Gasteiger partial charge in [-0.25, -0.2) is 0 Å². The van der Waals surface area contributed by atoms with Gasteiger partial charge in [0, 0.05) is 42.9 Å². The third-order valence-corrected chi connectivity index (χ3v) is 14.7. The van der Waals surface area contributed by atoms with E-state index in [1.807, 2.05) is 36.4 Å². The molecule has 0 radical (unpaired) electrons. The van der Waals surface area contributed by atoms with Crippen LogP contribution < -0.4 is 9.05 Å². The van der Waals surface area contributed by atoms with E-state index in [-0.39, 0.29) is 0 Å². The summed E-state index contributed by atoms with van der Waals surface area (Å²) in [6.07, 6.45) is 0. The molecule has 6 heteroatoms. The number of hydrogen-bond donors (Lipinski definition) is 0. The van der Waals surface area contributed by atoms with Gasteiger partial charge in [-0.1, -0.05) is 152 Å². The fourth-order valence-corrected chi connectivity index (χ4v) is 12.2. The highest BCUT2D eigenvalue weighted by Gasteiger charge is 2.25. The summed E-state index contributed by atoms with van der Waals surface area (Å²) in [5, 5.41) is 16.2. The Hall–Kier alpha value is -6.96. The summed E-state index contributed by atoms with van der Waals surface area (Å²) in [6, 6.07) is 66.1. The lowest BCUT2D eigenvalue weighted by Crippen LogP contribution is -1.94. The summed E-state index contributed by atoms with van der Waals surface area (Å²) in [4.78, 5) is 0. The first kappa shape index (κ1) is 34.1. The van der Waals surface area contributed by atoms with Crippen LogP contribution in [0.1, 0.15) is 5.56 Å². The van der Waals surface area contributed by atoms with E-state index in [1.54, 1.807) is 0 Å². The highest BCUT2D eigenvalue weighted by Crippen LogP contribution is 2.56. The minimum atomic E-state index is -1.92. The van der Waals surface area contributed by atoms with E-state index in [9.17, 15) is 0 Å². The molecule has 10 aromatic carbocycles. The molecule has 2 aromatic heterocycles. The van der Waals surface area contributed by atoms with Crippen molar-refractivity contribution in [3.05, 3.63) is 194 Å². The van der Waals surface area contributed by atoms with Crippen molar-refractivity contribution in [1.82, 2.24) is 0 Å². The lowest BCUT2D eigenvalue weighted by Gasteiger charge is -2.20. The van der Waals surface area contributed by atoms with Crippen LogP contribution in [0.25, 0.3) is 97.2 Å². The first-order valence-corrected chi connectivity index (χ1v) is 22.1. The van der Waals surface area contributed by atoms with Crippen LogP contribution in [0, 0.1) is 6.92 Å². The molecule has 0 amide bonds. The van der Waals surface area contributed by atoms with E-state index in [1.165, 1.54) is 42.6 Å². The Morgan fingerprint density at radius 1 is 0.356 bits per heavy atom. The monoisotopic (exact) mass is 796 g/mol. The predicted molar refractivity (Wildman–Crippen MR) is 249 cm³/mol. The van der Waals surface area contributed by atoms with Crippen LogP contribution in [0.2, 0.25) is 0 Å². The van der Waals surface area contributed by atoms with Crippen molar-refractivity contribution in [3.63, 3.8) is 0 Å². The largest absolute Gasteiger partial charge is 0.453 e. The molecule has 0 N–H and O–H groups in total. The molecule has 0 aliphatic carbocycles. The molecule has 0 saturated heterocycles. The molecule has 0 aliphatic heterocycles. The van der Waals surface area contributed by atoms with Crippen LogP contribution in [-0.4, -0.2) is 0 Å². The molecule has 0 aliphatic rings. The molecule has 0 unspecified atom stereocenters. The summed E-state index contributed by atoms with van der Waals surface area (Å²) in [5.74, 6) is 1.45. The Balaban J connectivity index is 1.15. The van der Waals surface area contributed by atoms with E-state index in [2.05, 4.69) is 159 Å². The lowest BCUT2D eigenvalue weighted by molar-refractivity contribution is 0.499. The highest BCUT2D eigenvalue weighted by molar-refractivity contribution is 7.57. The van der Waals surface area contributed by atoms with Crippen LogP contribution in [0.15, 0.2) is 196 Å². The number of hydrogen-bond acceptors (Lipinski definition) is 4. The van der Waals surface area contributed by atoms with Gasteiger partial charge in [-0.2, -0.15) is 0 Å². The number of aryl methyl sites for hydroxylation is 1. The summed E-state index contributed by atoms with van der Waals surface area (Å²) in [7, 11) is -3.21. The molecule has 4 nitrogen and oxygen atoms in total. The van der Waals surface area contributed by atoms with Crippen LogP contribution in [-0.2, 0) is 0 Å². The zero-order chi connectivity index (χ0) is 39.0. The highest BCUT2D eigenvalue weighted by atomic mass is 31.1. The number of fused-ring (bicyclic) bond motifs is 12. The van der Waals surface area contributed by atoms with Crippen LogP contribution >= 0.6 is 16.0 Å². The SMILES string of the molecule is Cc1cccc2ccc(Op3c4ccc5ccccc5c4c4c5ccccc5ccc43)c(-c3c(Op4oc5ccccc5c5ccccc5o4)ccc4ccccc34)c12. The topological polar surface area (TPSA) is 44.7 Å². The zero-order valence-corrected chi connectivity index (χ0v) is 33.7. The molecule has 12 rings (SSSR count). The fraction of sp³-hybridized carbons (Fsp3) is 0.0189. The van der Waals surface area contributed by atoms with Gasteiger partial charge in [0.2, 0.25) is 0 Å². The summed E-state index contributed by atoms with van der Waals surface area (Å²) in [5.41, 5.74) is 4.51. The average Bonchev–Trinajstić information content (AvgIpc) is 3.51. The maximum atomic E-state index is 7.63. The van der Waals surface area contributed by atoms with Crippen LogP contribution in [0.4, 0.5) is 0 Å². The Morgan fingerprint density at radius 2 is 0.814 bits per heavy atom. The third-order valence-electron chi connectivity index (χ3n) is 11.6. The standard InChI is InChI=1S/C53H34O4P2/c1-33-13-12-17-37-26-30-46(54-58-47-31-27-35-15-3-6-19-39(35)51(47)52-40-20-7-4-16-36(40)28-32-48(52)58)53(49(33)37)50-38-18-5-2-14-34(38)25-29-45(50)57-59-55-43-23-10-8-21-41(43)42-22-9-11-24-44(42)56-59/h2-32H,1H3. The van der Waals surface area contributed by atoms with Gasteiger partial charge in [0.05, 0.1) is 7.76 Å². The minimum Gasteiger partial charge on any atom is -0.445 e. The molecule has 12 aromatic rings. The Labute approximate surface area is 341 Å². The van der Waals surface area contributed by atoms with Gasteiger partial charge in [0.25, 0.3) is 0 Å². The van der Waals surface area contributed by atoms with Crippen molar-refractivity contribution >= 4 is 102 Å². The molecule has 59 heavy (non-hydrogen) atoms. The molecular formula is C53H34O4P2. The molecule has 0 bridgehead atoms. The molecule has 0 spiro atoms. The number of benzene rings is 10. The summed E-state index contributed by atoms with van der Waals surface area (Å²) in [6.45, 7) is 2.18. The Bertz CT molecular complexity index is 3560. The maximum absolute atomic E-state index is 7.63. The van der Waals surface area contributed by atoms with E-state index in [4.69, 9.17) is 17.4 Å². The second-order valence-electron chi connectivity index (χ2n) is 15.0. The van der Waals surface area contributed by atoms with Crippen molar-refractivity contribution in [3.8, 4) is 22.6 Å². The van der Waals surface area contributed by atoms with E-state index in [0.717, 1.165) is 65.9 Å². The van der Waals surface area contributed by atoms with Gasteiger partial charge in [0.15, 0.2) is 0 Å². The summed E-state index contributed by atoms with van der Waals surface area (Å²) >= 11 is 0. The second kappa shape index (κ2) is 13.6. The second-order valence-corrected chi connectivity index (χ2v) is 17.7. The van der Waals surface area contributed by atoms with Gasteiger partial charge in [-0.3, -0.25) is 0 Å². The predicted octanol–water partition coefficient (Wildman–Crippen LogP) is 16.9. The molecule has 2 heterocycles. The Kier molecular flexibility index (Phi) is 7.85. The zero-order valence-electron chi connectivity index (χ0n) is 31.9. The fourth-order valence-electron chi connectivity index (χ4n) is 9.00.